The van der Waals surface area contributed by atoms with Crippen molar-refractivity contribution in [2.45, 2.75) is 39.3 Å². The van der Waals surface area contributed by atoms with Crippen LogP contribution in [0.4, 0.5) is 5.95 Å². The highest BCUT2D eigenvalue weighted by Crippen LogP contribution is 2.40. The minimum absolute atomic E-state index is 0.410. The summed E-state index contributed by atoms with van der Waals surface area (Å²) in [5.74, 6) is 1.18. The second-order valence-corrected chi connectivity index (χ2v) is 7.12. The van der Waals surface area contributed by atoms with Crippen molar-refractivity contribution >= 4 is 11.9 Å². The van der Waals surface area contributed by atoms with Gasteiger partial charge in [0.15, 0.2) is 0 Å². The molecule has 0 fully saturated rings. The third-order valence-corrected chi connectivity index (χ3v) is 4.07. The number of carbonyl (C=O) groups excluding carboxylic acids is 1. The van der Waals surface area contributed by atoms with E-state index < -0.39 is 17.6 Å². The maximum absolute atomic E-state index is 13.0. The molecule has 0 spiro atoms. The second kappa shape index (κ2) is 6.90. The fourth-order valence-corrected chi connectivity index (χ4v) is 2.94. The molecule has 144 valence electrons. The number of fused-ring (bicyclic) bond motifs is 1. The predicted octanol–water partition coefficient (Wildman–Crippen LogP) is 2.32. The molecular formula is C18H23N5O4. The van der Waals surface area contributed by atoms with Crippen molar-refractivity contribution < 1.29 is 19.0 Å². The molecule has 1 aliphatic heterocycles. The largest absolute Gasteiger partial charge is 0.497 e. The standard InChI is InChI=1S/C18H23N5O4/c1-10-14(16(24)27-18(2,3)4)15(23-17(19-10)20-21-22-23)12-8-7-11(25-5)9-13(12)26-6/h7-9,15H,1-6H3,(H,19,20,22)/t15-/m1/s1. The van der Waals surface area contributed by atoms with Gasteiger partial charge in [0, 0.05) is 17.3 Å². The molecule has 1 aliphatic rings. The van der Waals surface area contributed by atoms with Crippen LogP contribution in [-0.4, -0.2) is 46.0 Å². The molecule has 3 rings (SSSR count). The van der Waals surface area contributed by atoms with Crippen LogP contribution in [0.1, 0.15) is 39.3 Å². The molecule has 0 radical (unpaired) electrons. The lowest BCUT2D eigenvalue weighted by atomic mass is 9.94. The number of carbonyl (C=O) groups is 1. The number of tetrazole rings is 1. The van der Waals surface area contributed by atoms with Crippen LogP contribution in [0.15, 0.2) is 29.5 Å². The average Bonchev–Trinajstić information content (AvgIpc) is 3.06. The number of aromatic nitrogens is 4. The highest BCUT2D eigenvalue weighted by molar-refractivity contribution is 5.92. The SMILES string of the molecule is COc1ccc([C@@H]2C(C(=O)OC(C)(C)C)=C(C)Nc3nnnn32)c(OC)c1. The van der Waals surface area contributed by atoms with E-state index in [1.165, 1.54) is 4.68 Å². The summed E-state index contributed by atoms with van der Waals surface area (Å²) in [6.45, 7) is 7.26. The van der Waals surface area contributed by atoms with Gasteiger partial charge in [-0.2, -0.15) is 4.68 Å². The van der Waals surface area contributed by atoms with Crippen LogP contribution in [0, 0.1) is 0 Å². The van der Waals surface area contributed by atoms with E-state index in [0.717, 1.165) is 0 Å². The summed E-state index contributed by atoms with van der Waals surface area (Å²) in [7, 11) is 3.14. The zero-order valence-electron chi connectivity index (χ0n) is 16.2. The monoisotopic (exact) mass is 373 g/mol. The topological polar surface area (TPSA) is 100 Å². The van der Waals surface area contributed by atoms with E-state index in [9.17, 15) is 4.79 Å². The van der Waals surface area contributed by atoms with E-state index in [-0.39, 0.29) is 0 Å². The van der Waals surface area contributed by atoms with Gasteiger partial charge in [0.05, 0.1) is 19.8 Å². The van der Waals surface area contributed by atoms with Crippen molar-refractivity contribution in [3.63, 3.8) is 0 Å². The molecule has 0 unspecified atom stereocenters. The van der Waals surface area contributed by atoms with Crippen LogP contribution in [0.25, 0.3) is 0 Å². The molecule has 9 heteroatoms. The van der Waals surface area contributed by atoms with E-state index >= 15 is 0 Å². The first kappa shape index (κ1) is 18.7. The molecule has 1 aromatic carbocycles. The molecule has 0 saturated heterocycles. The van der Waals surface area contributed by atoms with Crippen LogP contribution < -0.4 is 14.8 Å². The number of methoxy groups -OCH3 is 2. The molecule has 1 N–H and O–H groups in total. The first-order chi connectivity index (χ1) is 12.7. The number of rotatable bonds is 4. The molecule has 1 atom stereocenters. The fraction of sp³-hybridized carbons (Fsp3) is 0.444. The Kier molecular flexibility index (Phi) is 4.77. The summed E-state index contributed by atoms with van der Waals surface area (Å²) in [4.78, 5) is 13.0. The number of anilines is 1. The van der Waals surface area contributed by atoms with Crippen molar-refractivity contribution in [3.8, 4) is 11.5 Å². The predicted molar refractivity (Wildman–Crippen MR) is 97.7 cm³/mol. The Morgan fingerprint density at radius 3 is 2.59 bits per heavy atom. The summed E-state index contributed by atoms with van der Waals surface area (Å²) in [6, 6.07) is 4.78. The van der Waals surface area contributed by atoms with Gasteiger partial charge in [-0.3, -0.25) is 0 Å². The zero-order valence-corrected chi connectivity index (χ0v) is 16.2. The second-order valence-electron chi connectivity index (χ2n) is 7.12. The third kappa shape index (κ3) is 3.57. The van der Waals surface area contributed by atoms with Crippen molar-refractivity contribution in [3.05, 3.63) is 35.0 Å². The molecule has 0 aliphatic carbocycles. The Morgan fingerprint density at radius 2 is 1.96 bits per heavy atom. The number of allylic oxidation sites excluding steroid dienone is 1. The van der Waals surface area contributed by atoms with Gasteiger partial charge in [0.2, 0.25) is 5.95 Å². The van der Waals surface area contributed by atoms with Gasteiger partial charge in [-0.25, -0.2) is 4.79 Å². The maximum Gasteiger partial charge on any atom is 0.338 e. The summed E-state index contributed by atoms with van der Waals surface area (Å²) < 4.78 is 18.0. The normalized spacial score (nSPS) is 16.4. The summed E-state index contributed by atoms with van der Waals surface area (Å²) in [6.07, 6.45) is 0. The lowest BCUT2D eigenvalue weighted by Crippen LogP contribution is -2.33. The molecule has 2 heterocycles. The number of nitrogens with one attached hydrogen (secondary N) is 1. The quantitative estimate of drug-likeness (QED) is 0.815. The molecule has 0 saturated carbocycles. The minimum atomic E-state index is -0.639. The molecule has 1 aromatic heterocycles. The Labute approximate surface area is 157 Å². The van der Waals surface area contributed by atoms with Gasteiger partial charge in [-0.15, -0.1) is 0 Å². The minimum Gasteiger partial charge on any atom is -0.497 e. The van der Waals surface area contributed by atoms with Crippen LogP contribution in [-0.2, 0) is 9.53 Å². The number of ether oxygens (including phenoxy) is 3. The summed E-state index contributed by atoms with van der Waals surface area (Å²) in [5, 5.41) is 14.8. The third-order valence-electron chi connectivity index (χ3n) is 4.07. The number of nitrogens with zero attached hydrogens (tertiary/aromatic N) is 4. The lowest BCUT2D eigenvalue weighted by molar-refractivity contribution is -0.150. The van der Waals surface area contributed by atoms with Crippen molar-refractivity contribution in [2.75, 3.05) is 19.5 Å². The van der Waals surface area contributed by atoms with Crippen LogP contribution >= 0.6 is 0 Å². The molecular weight excluding hydrogens is 350 g/mol. The van der Waals surface area contributed by atoms with Gasteiger partial charge >= 0.3 is 5.97 Å². The summed E-state index contributed by atoms with van der Waals surface area (Å²) in [5.41, 5.74) is 1.11. The first-order valence-corrected chi connectivity index (χ1v) is 8.46. The van der Waals surface area contributed by atoms with Crippen molar-refractivity contribution in [1.29, 1.82) is 0 Å². The van der Waals surface area contributed by atoms with Crippen LogP contribution in [0.2, 0.25) is 0 Å². The molecule has 9 nitrogen and oxygen atoms in total. The van der Waals surface area contributed by atoms with Crippen LogP contribution in [0.3, 0.4) is 0 Å². The molecule has 2 aromatic rings. The maximum atomic E-state index is 13.0. The Hall–Kier alpha value is -3.10. The van der Waals surface area contributed by atoms with E-state index in [2.05, 4.69) is 20.8 Å². The van der Waals surface area contributed by atoms with Gasteiger partial charge in [0.25, 0.3) is 0 Å². The van der Waals surface area contributed by atoms with Crippen molar-refractivity contribution in [2.24, 2.45) is 0 Å². The Balaban J connectivity index is 2.16. The average molecular weight is 373 g/mol. The number of benzene rings is 1. The van der Waals surface area contributed by atoms with E-state index in [0.29, 0.717) is 34.3 Å². The fourth-order valence-electron chi connectivity index (χ4n) is 2.94. The van der Waals surface area contributed by atoms with Gasteiger partial charge < -0.3 is 19.5 Å². The van der Waals surface area contributed by atoms with Gasteiger partial charge in [-0.05, 0) is 50.3 Å². The summed E-state index contributed by atoms with van der Waals surface area (Å²) >= 11 is 0. The van der Waals surface area contributed by atoms with E-state index in [1.807, 2.05) is 26.8 Å². The number of hydrogen-bond acceptors (Lipinski definition) is 8. The zero-order chi connectivity index (χ0) is 19.8. The van der Waals surface area contributed by atoms with E-state index in [1.54, 1.807) is 33.3 Å². The first-order valence-electron chi connectivity index (χ1n) is 8.46. The highest BCUT2D eigenvalue weighted by atomic mass is 16.6. The lowest BCUT2D eigenvalue weighted by Gasteiger charge is -2.30. The van der Waals surface area contributed by atoms with Gasteiger partial charge in [-0.1, -0.05) is 5.10 Å². The number of hydrogen-bond donors (Lipinski definition) is 1. The van der Waals surface area contributed by atoms with Gasteiger partial charge in [0.1, 0.15) is 23.1 Å². The molecule has 0 amide bonds. The Morgan fingerprint density at radius 1 is 1.22 bits per heavy atom. The van der Waals surface area contributed by atoms with Crippen LogP contribution in [0.5, 0.6) is 11.5 Å². The Bertz CT molecular complexity index is 897. The molecule has 27 heavy (non-hydrogen) atoms. The molecule has 0 bridgehead atoms. The van der Waals surface area contributed by atoms with E-state index in [4.69, 9.17) is 14.2 Å². The number of esters is 1. The smallest absolute Gasteiger partial charge is 0.338 e. The highest BCUT2D eigenvalue weighted by Gasteiger charge is 2.37. The van der Waals surface area contributed by atoms with Crippen molar-refractivity contribution in [1.82, 2.24) is 20.2 Å².